The van der Waals surface area contributed by atoms with E-state index in [1.165, 1.54) is 24.3 Å². The number of nitrogens with zero attached hydrogens (tertiary/aromatic N) is 1. The van der Waals surface area contributed by atoms with Gasteiger partial charge in [-0.2, -0.15) is 0 Å². The molecule has 0 aliphatic heterocycles. The highest BCUT2D eigenvalue weighted by molar-refractivity contribution is 5.81. The Bertz CT molecular complexity index is 624. The van der Waals surface area contributed by atoms with Crippen LogP contribution in [0.25, 0.3) is 11.1 Å². The lowest BCUT2D eigenvalue weighted by Gasteiger charge is -2.08. The van der Waals surface area contributed by atoms with Crippen LogP contribution in [0.15, 0.2) is 36.4 Å². The van der Waals surface area contributed by atoms with Gasteiger partial charge >= 0.3 is 0 Å². The summed E-state index contributed by atoms with van der Waals surface area (Å²) in [5.41, 5.74) is 0.0470. The molecule has 0 fully saturated rings. The molecule has 18 heavy (non-hydrogen) atoms. The number of phenols is 3. The first-order valence-corrected chi connectivity index (χ1v) is 5.00. The molecule has 0 aromatic heterocycles. The average molecular weight is 247 g/mol. The van der Waals surface area contributed by atoms with Crippen LogP contribution in [0.2, 0.25) is 0 Å². The lowest BCUT2D eigenvalue weighted by atomic mass is 10.0. The number of benzene rings is 2. The van der Waals surface area contributed by atoms with Gasteiger partial charge in [-0.1, -0.05) is 12.1 Å². The number of nitro groups is 1. The van der Waals surface area contributed by atoms with E-state index < -0.39 is 22.2 Å². The summed E-state index contributed by atoms with van der Waals surface area (Å²) < 4.78 is 0. The van der Waals surface area contributed by atoms with E-state index in [2.05, 4.69) is 0 Å². The fraction of sp³-hybridized carbons (Fsp3) is 0. The summed E-state index contributed by atoms with van der Waals surface area (Å²) in [5, 5.41) is 39.2. The SMILES string of the molecule is O=[N+]([O-])c1ccccc1-c1ccc(O)c(O)c1O. The standard InChI is InChI=1S/C12H9NO5/c14-10-6-5-8(11(15)12(10)16)7-3-1-2-4-9(7)13(17)18/h1-6,14-16H. The molecule has 0 radical (unpaired) electrons. The van der Waals surface area contributed by atoms with Crippen LogP contribution in [0.3, 0.4) is 0 Å². The molecule has 2 aromatic carbocycles. The molecular formula is C12H9NO5. The van der Waals surface area contributed by atoms with Gasteiger partial charge in [0.2, 0.25) is 5.75 Å². The van der Waals surface area contributed by atoms with Crippen LogP contribution >= 0.6 is 0 Å². The van der Waals surface area contributed by atoms with Crippen molar-refractivity contribution in [3.8, 4) is 28.4 Å². The largest absolute Gasteiger partial charge is 0.504 e. The van der Waals surface area contributed by atoms with Crippen molar-refractivity contribution < 1.29 is 20.2 Å². The van der Waals surface area contributed by atoms with E-state index in [0.717, 1.165) is 6.07 Å². The van der Waals surface area contributed by atoms with E-state index in [1.54, 1.807) is 6.07 Å². The molecule has 0 aliphatic rings. The van der Waals surface area contributed by atoms with Crippen LogP contribution in [0.5, 0.6) is 17.2 Å². The van der Waals surface area contributed by atoms with Crippen LogP contribution in [0, 0.1) is 10.1 Å². The minimum Gasteiger partial charge on any atom is -0.504 e. The number of aromatic hydroxyl groups is 3. The van der Waals surface area contributed by atoms with E-state index >= 15 is 0 Å². The van der Waals surface area contributed by atoms with Gasteiger partial charge in [0.15, 0.2) is 11.5 Å². The van der Waals surface area contributed by atoms with E-state index in [4.69, 9.17) is 0 Å². The second-order valence-corrected chi connectivity index (χ2v) is 3.60. The van der Waals surface area contributed by atoms with E-state index in [1.807, 2.05) is 0 Å². The summed E-state index contributed by atoms with van der Waals surface area (Å²) in [6, 6.07) is 8.26. The molecule has 0 heterocycles. The molecule has 3 N–H and O–H groups in total. The van der Waals surface area contributed by atoms with Crippen molar-refractivity contribution in [3.63, 3.8) is 0 Å². The zero-order valence-electron chi connectivity index (χ0n) is 9.07. The summed E-state index contributed by atoms with van der Waals surface area (Å²) in [7, 11) is 0. The quantitative estimate of drug-likeness (QED) is 0.429. The maximum absolute atomic E-state index is 10.9. The van der Waals surface area contributed by atoms with Gasteiger partial charge in [-0.3, -0.25) is 10.1 Å². The maximum Gasteiger partial charge on any atom is 0.277 e. The second kappa shape index (κ2) is 4.25. The Kier molecular flexibility index (Phi) is 2.77. The second-order valence-electron chi connectivity index (χ2n) is 3.60. The fourth-order valence-corrected chi connectivity index (χ4v) is 1.65. The summed E-state index contributed by atoms with van der Waals surface area (Å²) in [6.07, 6.45) is 0. The Morgan fingerprint density at radius 3 is 2.22 bits per heavy atom. The number of rotatable bonds is 2. The topological polar surface area (TPSA) is 104 Å². The Balaban J connectivity index is 2.70. The molecule has 0 saturated carbocycles. The first kappa shape index (κ1) is 11.7. The zero-order chi connectivity index (χ0) is 13.3. The third kappa shape index (κ3) is 1.80. The molecule has 6 nitrogen and oxygen atoms in total. The Morgan fingerprint density at radius 2 is 1.56 bits per heavy atom. The van der Waals surface area contributed by atoms with Crippen molar-refractivity contribution in [2.45, 2.75) is 0 Å². The van der Waals surface area contributed by atoms with Crippen molar-refractivity contribution in [2.75, 3.05) is 0 Å². The molecule has 2 rings (SSSR count). The summed E-state index contributed by atoms with van der Waals surface area (Å²) in [4.78, 5) is 10.3. The molecule has 0 spiro atoms. The molecule has 0 unspecified atom stereocenters. The van der Waals surface area contributed by atoms with Crippen LogP contribution in [-0.4, -0.2) is 20.2 Å². The van der Waals surface area contributed by atoms with Crippen LogP contribution in [0.1, 0.15) is 0 Å². The van der Waals surface area contributed by atoms with Gasteiger partial charge in [-0.25, -0.2) is 0 Å². The maximum atomic E-state index is 10.9. The van der Waals surface area contributed by atoms with Crippen LogP contribution in [-0.2, 0) is 0 Å². The van der Waals surface area contributed by atoms with Gasteiger partial charge in [0.05, 0.1) is 10.5 Å². The zero-order valence-corrected chi connectivity index (χ0v) is 9.07. The Morgan fingerprint density at radius 1 is 0.889 bits per heavy atom. The molecule has 6 heteroatoms. The lowest BCUT2D eigenvalue weighted by Crippen LogP contribution is -1.91. The number of hydrogen-bond donors (Lipinski definition) is 3. The third-order valence-corrected chi connectivity index (χ3v) is 2.52. The van der Waals surface area contributed by atoms with Crippen molar-refractivity contribution in [1.82, 2.24) is 0 Å². The predicted molar refractivity (Wildman–Crippen MR) is 63.5 cm³/mol. The van der Waals surface area contributed by atoms with Crippen molar-refractivity contribution in [1.29, 1.82) is 0 Å². The predicted octanol–water partition coefficient (Wildman–Crippen LogP) is 2.38. The average Bonchev–Trinajstić information content (AvgIpc) is 2.36. The highest BCUT2D eigenvalue weighted by Gasteiger charge is 2.19. The first-order chi connectivity index (χ1) is 8.52. The van der Waals surface area contributed by atoms with Crippen LogP contribution in [0.4, 0.5) is 5.69 Å². The normalized spacial score (nSPS) is 10.2. The smallest absolute Gasteiger partial charge is 0.277 e. The lowest BCUT2D eigenvalue weighted by molar-refractivity contribution is -0.384. The monoisotopic (exact) mass is 247 g/mol. The summed E-state index contributed by atoms with van der Waals surface area (Å²) in [5.74, 6) is -1.79. The van der Waals surface area contributed by atoms with E-state index in [9.17, 15) is 25.4 Å². The van der Waals surface area contributed by atoms with Gasteiger partial charge < -0.3 is 15.3 Å². The van der Waals surface area contributed by atoms with Crippen molar-refractivity contribution in [2.24, 2.45) is 0 Å². The van der Waals surface area contributed by atoms with Gasteiger partial charge in [-0.05, 0) is 18.2 Å². The summed E-state index contributed by atoms with van der Waals surface area (Å²) in [6.45, 7) is 0. The van der Waals surface area contributed by atoms with Crippen molar-refractivity contribution >= 4 is 5.69 Å². The van der Waals surface area contributed by atoms with Gasteiger partial charge in [0.1, 0.15) is 0 Å². The molecule has 0 amide bonds. The first-order valence-electron chi connectivity index (χ1n) is 5.00. The fourth-order valence-electron chi connectivity index (χ4n) is 1.65. The van der Waals surface area contributed by atoms with Gasteiger partial charge in [0, 0.05) is 11.6 Å². The third-order valence-electron chi connectivity index (χ3n) is 2.52. The molecule has 0 aliphatic carbocycles. The van der Waals surface area contributed by atoms with Crippen LogP contribution < -0.4 is 0 Å². The van der Waals surface area contributed by atoms with Gasteiger partial charge in [0.25, 0.3) is 5.69 Å². The molecule has 92 valence electrons. The molecule has 0 atom stereocenters. The number of para-hydroxylation sites is 1. The Labute approximate surface area is 102 Å². The minimum absolute atomic E-state index is 0.0811. The molecule has 0 saturated heterocycles. The molecule has 0 bridgehead atoms. The molecular weight excluding hydrogens is 238 g/mol. The van der Waals surface area contributed by atoms with E-state index in [0.29, 0.717) is 0 Å². The number of phenolic OH excluding ortho intramolecular Hbond substituents is 3. The number of nitro benzene ring substituents is 1. The summed E-state index contributed by atoms with van der Waals surface area (Å²) >= 11 is 0. The minimum atomic E-state index is -0.703. The Hall–Kier alpha value is -2.76. The van der Waals surface area contributed by atoms with Crippen molar-refractivity contribution in [3.05, 3.63) is 46.5 Å². The van der Waals surface area contributed by atoms with E-state index in [-0.39, 0.29) is 16.8 Å². The van der Waals surface area contributed by atoms with Gasteiger partial charge in [-0.15, -0.1) is 0 Å². The highest BCUT2D eigenvalue weighted by Crippen LogP contribution is 2.44. The molecule has 2 aromatic rings. The highest BCUT2D eigenvalue weighted by atomic mass is 16.6. The number of hydrogen-bond acceptors (Lipinski definition) is 5.